The zero-order chi connectivity index (χ0) is 36.3. The van der Waals surface area contributed by atoms with Crippen molar-refractivity contribution in [3.63, 3.8) is 0 Å². The summed E-state index contributed by atoms with van der Waals surface area (Å²) >= 11 is 0. The van der Waals surface area contributed by atoms with Crippen LogP contribution in [0.3, 0.4) is 0 Å². The lowest BCUT2D eigenvalue weighted by atomic mass is 9.83. The summed E-state index contributed by atoms with van der Waals surface area (Å²) in [7, 11) is 0. The van der Waals surface area contributed by atoms with Crippen LogP contribution in [0.25, 0.3) is 88.0 Å². The van der Waals surface area contributed by atoms with Crippen LogP contribution in [-0.2, 0) is 0 Å². The molecule has 0 amide bonds. The van der Waals surface area contributed by atoms with Gasteiger partial charge in [-0.25, -0.2) is 0 Å². The first-order valence-corrected chi connectivity index (χ1v) is 18.9. The van der Waals surface area contributed by atoms with Gasteiger partial charge < -0.3 is 4.57 Å². The minimum atomic E-state index is 0.317. The van der Waals surface area contributed by atoms with Crippen LogP contribution in [0.1, 0.15) is 36.5 Å². The van der Waals surface area contributed by atoms with E-state index in [1.165, 1.54) is 105 Å². The molecule has 0 aliphatic heterocycles. The topological polar surface area (TPSA) is 4.93 Å². The number of allylic oxidation sites excluding steroid dienone is 5. The van der Waals surface area contributed by atoms with Crippen molar-refractivity contribution in [1.82, 2.24) is 4.57 Å². The Balaban J connectivity index is 1.30. The van der Waals surface area contributed by atoms with Gasteiger partial charge in [0.05, 0.1) is 11.0 Å². The van der Waals surface area contributed by atoms with Gasteiger partial charge >= 0.3 is 0 Å². The van der Waals surface area contributed by atoms with E-state index in [9.17, 15) is 0 Å². The maximum absolute atomic E-state index is 3.84. The van der Waals surface area contributed by atoms with E-state index in [1.54, 1.807) is 0 Å². The molecular formula is C53H39N. The number of aromatic nitrogens is 1. The molecule has 9 aromatic rings. The van der Waals surface area contributed by atoms with E-state index in [-0.39, 0.29) is 0 Å². The molecule has 1 nitrogen and oxygen atoms in total. The van der Waals surface area contributed by atoms with E-state index in [0.717, 1.165) is 0 Å². The molecule has 0 N–H and O–H groups in total. The van der Waals surface area contributed by atoms with Gasteiger partial charge in [0.25, 0.3) is 0 Å². The first kappa shape index (κ1) is 32.0. The summed E-state index contributed by atoms with van der Waals surface area (Å²) in [6.07, 6.45) is 8.02. The zero-order valence-electron chi connectivity index (χ0n) is 30.6. The third-order valence-corrected chi connectivity index (χ3v) is 11.6. The maximum atomic E-state index is 3.84. The van der Waals surface area contributed by atoms with E-state index in [0.29, 0.717) is 5.92 Å². The quantitative estimate of drug-likeness (QED) is 0.121. The number of hydrogen-bond donors (Lipinski definition) is 0. The summed E-state index contributed by atoms with van der Waals surface area (Å²) in [4.78, 5) is 0. The first-order chi connectivity index (χ1) is 26.6. The van der Waals surface area contributed by atoms with E-state index in [4.69, 9.17) is 0 Å². The van der Waals surface area contributed by atoms with Gasteiger partial charge in [-0.2, -0.15) is 0 Å². The molecule has 1 heteroatoms. The summed E-state index contributed by atoms with van der Waals surface area (Å²) in [5, 5.41) is 7.62. The van der Waals surface area contributed by atoms with E-state index in [1.807, 2.05) is 12.2 Å². The molecule has 1 aliphatic rings. The highest BCUT2D eigenvalue weighted by Gasteiger charge is 2.28. The van der Waals surface area contributed by atoms with Crippen molar-refractivity contribution >= 4 is 48.9 Å². The van der Waals surface area contributed by atoms with Gasteiger partial charge in [-0.15, -0.1) is 0 Å². The van der Waals surface area contributed by atoms with Crippen molar-refractivity contribution in [2.24, 2.45) is 0 Å². The molecular weight excluding hydrogens is 651 g/mol. The molecule has 1 unspecified atom stereocenters. The molecule has 1 aliphatic carbocycles. The summed E-state index contributed by atoms with van der Waals surface area (Å²) in [5.41, 5.74) is 16.5. The fraction of sp³-hybridized carbons (Fsp3) is 0.0566. The largest absolute Gasteiger partial charge is 0.309 e. The third-order valence-electron chi connectivity index (χ3n) is 11.6. The van der Waals surface area contributed by atoms with Crippen LogP contribution in [0, 0.1) is 0 Å². The van der Waals surface area contributed by atoms with Crippen molar-refractivity contribution in [3.8, 4) is 39.1 Å². The average molecular weight is 690 g/mol. The van der Waals surface area contributed by atoms with Gasteiger partial charge in [-0.1, -0.05) is 147 Å². The van der Waals surface area contributed by atoms with Crippen LogP contribution >= 0.6 is 0 Å². The van der Waals surface area contributed by atoms with Crippen molar-refractivity contribution in [3.05, 3.63) is 205 Å². The smallest absolute Gasteiger partial charge is 0.0541 e. The van der Waals surface area contributed by atoms with Crippen molar-refractivity contribution in [2.45, 2.75) is 19.8 Å². The third kappa shape index (κ3) is 4.93. The van der Waals surface area contributed by atoms with Crippen molar-refractivity contribution in [2.75, 3.05) is 0 Å². The van der Waals surface area contributed by atoms with Crippen LogP contribution in [0.5, 0.6) is 0 Å². The second-order valence-electron chi connectivity index (χ2n) is 14.6. The summed E-state index contributed by atoms with van der Waals surface area (Å²) < 4.78 is 2.40. The number of fused-ring (bicyclic) bond motifs is 8. The van der Waals surface area contributed by atoms with E-state index >= 15 is 0 Å². The van der Waals surface area contributed by atoms with Gasteiger partial charge in [-0.05, 0) is 133 Å². The van der Waals surface area contributed by atoms with E-state index in [2.05, 4.69) is 195 Å². The molecule has 256 valence electrons. The van der Waals surface area contributed by atoms with Gasteiger partial charge in [-0.3, -0.25) is 0 Å². The fourth-order valence-corrected chi connectivity index (χ4v) is 9.02. The zero-order valence-corrected chi connectivity index (χ0v) is 30.6. The second kappa shape index (κ2) is 12.8. The highest BCUT2D eigenvalue weighted by molar-refractivity contribution is 6.23. The number of para-hydroxylation sites is 2. The molecule has 0 saturated carbocycles. The normalized spacial score (nSPS) is 14.0. The van der Waals surface area contributed by atoms with Crippen LogP contribution in [0.4, 0.5) is 0 Å². The van der Waals surface area contributed by atoms with Gasteiger partial charge in [0, 0.05) is 22.4 Å². The standard InChI is InChI=1S/C53H39N/c1-4-5-7-17-34(2)36-18-16-19-37(30-36)52-43-25-12-13-26-44(43)53(49-33-46-41-23-11-10-22-40(41)35(3)45(46)32-48(49)52)38-28-29-51-47(31-38)42-24-14-15-27-50(42)54(51)39-20-8-6-9-21-39/h4-33,35H,1H2,2-3H3/b7-5-,34-17+. The van der Waals surface area contributed by atoms with Crippen LogP contribution in [-0.4, -0.2) is 4.57 Å². The monoisotopic (exact) mass is 689 g/mol. The Labute approximate surface area is 316 Å². The molecule has 0 fully saturated rings. The summed E-state index contributed by atoms with van der Waals surface area (Å²) in [6, 6.07) is 58.7. The Morgan fingerprint density at radius 3 is 1.98 bits per heavy atom. The first-order valence-electron chi connectivity index (χ1n) is 18.9. The molecule has 1 atom stereocenters. The Kier molecular flexibility index (Phi) is 7.56. The summed E-state index contributed by atoms with van der Waals surface area (Å²) in [5.74, 6) is 0.317. The van der Waals surface area contributed by atoms with Crippen molar-refractivity contribution < 1.29 is 0 Å². The lowest BCUT2D eigenvalue weighted by Gasteiger charge is -2.20. The number of benzene rings is 8. The molecule has 0 radical (unpaired) electrons. The second-order valence-corrected chi connectivity index (χ2v) is 14.6. The van der Waals surface area contributed by atoms with Gasteiger partial charge in [0.15, 0.2) is 0 Å². The lowest BCUT2D eigenvalue weighted by molar-refractivity contribution is 0.959. The molecule has 1 aromatic heterocycles. The van der Waals surface area contributed by atoms with Gasteiger partial charge in [0.2, 0.25) is 0 Å². The van der Waals surface area contributed by atoms with Crippen LogP contribution < -0.4 is 0 Å². The predicted molar refractivity (Wildman–Crippen MR) is 233 cm³/mol. The molecule has 10 rings (SSSR count). The summed E-state index contributed by atoms with van der Waals surface area (Å²) in [6.45, 7) is 8.38. The van der Waals surface area contributed by atoms with Crippen LogP contribution in [0.2, 0.25) is 0 Å². The minimum absolute atomic E-state index is 0.317. The molecule has 0 bridgehead atoms. The fourth-order valence-electron chi connectivity index (χ4n) is 9.02. The van der Waals surface area contributed by atoms with Crippen LogP contribution in [0.15, 0.2) is 189 Å². The maximum Gasteiger partial charge on any atom is 0.0541 e. The van der Waals surface area contributed by atoms with Crippen molar-refractivity contribution in [1.29, 1.82) is 0 Å². The number of nitrogens with zero attached hydrogens (tertiary/aromatic N) is 1. The molecule has 0 saturated heterocycles. The highest BCUT2D eigenvalue weighted by Crippen LogP contribution is 2.51. The van der Waals surface area contributed by atoms with Gasteiger partial charge in [0.1, 0.15) is 0 Å². The highest BCUT2D eigenvalue weighted by atomic mass is 15.0. The molecule has 54 heavy (non-hydrogen) atoms. The number of hydrogen-bond acceptors (Lipinski definition) is 0. The SMILES string of the molecule is C=C/C=C\C=C(/C)c1cccc(-c2c3ccccc3c(-c3ccc4c(c3)c3ccccc3n4-c3ccccc3)c3cc4c(cc23)C(C)c2ccccc2-4)c1. The average Bonchev–Trinajstić information content (AvgIpc) is 3.70. The molecule has 1 heterocycles. The molecule has 8 aromatic carbocycles. The predicted octanol–water partition coefficient (Wildman–Crippen LogP) is 14.7. The Morgan fingerprint density at radius 2 is 1.19 bits per heavy atom. The Bertz CT molecular complexity index is 3020. The minimum Gasteiger partial charge on any atom is -0.309 e. The lowest BCUT2D eigenvalue weighted by Crippen LogP contribution is -1.95. The molecule has 0 spiro atoms. The Morgan fingerprint density at radius 1 is 0.519 bits per heavy atom. The Hall–Kier alpha value is -6.70. The number of rotatable bonds is 6. The van der Waals surface area contributed by atoms with E-state index < -0.39 is 0 Å².